The predicted octanol–water partition coefficient (Wildman–Crippen LogP) is 4.01. The Bertz CT molecular complexity index is 258. The molecule has 0 spiro atoms. The van der Waals surface area contributed by atoms with Gasteiger partial charge in [0.1, 0.15) is 0 Å². The van der Waals surface area contributed by atoms with E-state index in [0.29, 0.717) is 0 Å². The van der Waals surface area contributed by atoms with Gasteiger partial charge in [-0.3, -0.25) is 0 Å². The quantitative estimate of drug-likeness (QED) is 0.477. The molecule has 22 heavy (non-hydrogen) atoms. The van der Waals surface area contributed by atoms with Crippen molar-refractivity contribution in [1.82, 2.24) is 0 Å². The molecule has 3 nitrogen and oxygen atoms in total. The number of rotatable bonds is 12. The molecule has 1 saturated carbocycles. The van der Waals surface area contributed by atoms with Crippen LogP contribution in [0.1, 0.15) is 90.4 Å². The Kier molecular flexibility index (Phi) is 10.3. The van der Waals surface area contributed by atoms with Gasteiger partial charge in [0.2, 0.25) is 0 Å². The molecule has 1 fully saturated rings. The van der Waals surface area contributed by atoms with Crippen LogP contribution < -0.4 is 5.73 Å². The molecule has 0 aromatic rings. The van der Waals surface area contributed by atoms with E-state index in [9.17, 15) is 10.2 Å². The highest BCUT2D eigenvalue weighted by atomic mass is 16.3. The highest BCUT2D eigenvalue weighted by Gasteiger charge is 2.26. The lowest BCUT2D eigenvalue weighted by molar-refractivity contribution is 0.104. The molecule has 1 aliphatic rings. The molecule has 0 amide bonds. The van der Waals surface area contributed by atoms with E-state index in [1.54, 1.807) is 0 Å². The van der Waals surface area contributed by atoms with E-state index in [4.69, 9.17) is 5.73 Å². The second-order valence-electron chi connectivity index (χ2n) is 7.66. The summed E-state index contributed by atoms with van der Waals surface area (Å²) in [6.07, 6.45) is 17.0. The van der Waals surface area contributed by atoms with Crippen LogP contribution in [0.15, 0.2) is 0 Å². The summed E-state index contributed by atoms with van der Waals surface area (Å²) in [5.74, 6) is 1.70. The Balaban J connectivity index is 2.06. The first-order chi connectivity index (χ1) is 10.6. The van der Waals surface area contributed by atoms with Crippen LogP contribution in [0.4, 0.5) is 0 Å². The summed E-state index contributed by atoms with van der Waals surface area (Å²) < 4.78 is 0. The third-order valence-corrected chi connectivity index (χ3v) is 5.61. The van der Waals surface area contributed by atoms with Crippen LogP contribution in [-0.2, 0) is 0 Å². The minimum absolute atomic E-state index is 0.114. The summed E-state index contributed by atoms with van der Waals surface area (Å²) >= 11 is 0. The molecule has 0 atom stereocenters. The van der Waals surface area contributed by atoms with Crippen molar-refractivity contribution in [3.8, 4) is 0 Å². The van der Waals surface area contributed by atoms with Gasteiger partial charge in [0.15, 0.2) is 0 Å². The van der Waals surface area contributed by atoms with Gasteiger partial charge in [-0.2, -0.15) is 0 Å². The summed E-state index contributed by atoms with van der Waals surface area (Å²) in [4.78, 5) is 0. The highest BCUT2D eigenvalue weighted by Crippen LogP contribution is 2.35. The number of aliphatic hydroxyl groups excluding tert-OH is 2. The van der Waals surface area contributed by atoms with Crippen LogP contribution in [0, 0.1) is 11.8 Å². The van der Waals surface area contributed by atoms with Gasteiger partial charge >= 0.3 is 0 Å². The van der Waals surface area contributed by atoms with E-state index in [0.717, 1.165) is 24.7 Å². The van der Waals surface area contributed by atoms with Gasteiger partial charge in [-0.05, 0) is 24.7 Å². The number of hydrogen-bond donors (Lipinski definition) is 3. The minimum Gasteiger partial charge on any atom is -0.394 e. The second-order valence-corrected chi connectivity index (χ2v) is 7.66. The van der Waals surface area contributed by atoms with Gasteiger partial charge in [0, 0.05) is 0 Å². The van der Waals surface area contributed by atoms with Crippen molar-refractivity contribution in [3.63, 3.8) is 0 Å². The van der Waals surface area contributed by atoms with Gasteiger partial charge < -0.3 is 15.9 Å². The summed E-state index contributed by atoms with van der Waals surface area (Å²) in [5, 5.41) is 18.5. The van der Waals surface area contributed by atoms with Crippen molar-refractivity contribution in [2.45, 2.75) is 95.9 Å². The van der Waals surface area contributed by atoms with E-state index < -0.39 is 5.54 Å². The molecule has 0 bridgehead atoms. The third-order valence-electron chi connectivity index (χ3n) is 5.61. The van der Waals surface area contributed by atoms with Crippen molar-refractivity contribution in [2.24, 2.45) is 17.6 Å². The first kappa shape index (κ1) is 19.9. The van der Waals surface area contributed by atoms with E-state index in [1.807, 2.05) is 0 Å². The van der Waals surface area contributed by atoms with Crippen LogP contribution in [0.2, 0.25) is 0 Å². The average molecular weight is 314 g/mol. The molecule has 4 N–H and O–H groups in total. The number of nitrogens with two attached hydrogens (primary N) is 1. The molecule has 132 valence electrons. The lowest BCUT2D eigenvalue weighted by Crippen LogP contribution is -2.47. The normalized spacial score (nSPS) is 22.9. The Morgan fingerprint density at radius 2 is 1.32 bits per heavy atom. The molecular formula is C19H39NO2. The standard InChI is InChI=1S/C19H39NO2/c1-2-3-4-5-6-7-8-17-9-11-18(12-10-17)13-14-19(20,15-21)16-22/h17-18,21-22H,2-16,20H2,1H3. The van der Waals surface area contributed by atoms with Crippen LogP contribution in [0.5, 0.6) is 0 Å². The number of hydrogen-bond acceptors (Lipinski definition) is 3. The molecule has 0 aliphatic heterocycles. The molecule has 0 aromatic heterocycles. The van der Waals surface area contributed by atoms with Crippen molar-refractivity contribution in [1.29, 1.82) is 0 Å². The SMILES string of the molecule is CCCCCCCCC1CCC(CCC(N)(CO)CO)CC1. The Morgan fingerprint density at radius 1 is 0.818 bits per heavy atom. The maximum absolute atomic E-state index is 9.25. The Hall–Kier alpha value is -0.120. The first-order valence-electron chi connectivity index (χ1n) is 9.64. The van der Waals surface area contributed by atoms with E-state index >= 15 is 0 Å². The zero-order chi connectivity index (χ0) is 16.3. The number of unbranched alkanes of at least 4 members (excludes halogenated alkanes) is 5. The van der Waals surface area contributed by atoms with Gasteiger partial charge in [-0.15, -0.1) is 0 Å². The van der Waals surface area contributed by atoms with Crippen LogP contribution in [0.3, 0.4) is 0 Å². The summed E-state index contributed by atoms with van der Waals surface area (Å²) in [7, 11) is 0. The average Bonchev–Trinajstić information content (AvgIpc) is 2.57. The molecule has 0 heterocycles. The maximum Gasteiger partial charge on any atom is 0.0633 e. The van der Waals surface area contributed by atoms with E-state index in [1.165, 1.54) is 70.6 Å². The van der Waals surface area contributed by atoms with Gasteiger partial charge in [-0.1, -0.05) is 77.6 Å². The van der Waals surface area contributed by atoms with Crippen molar-refractivity contribution < 1.29 is 10.2 Å². The van der Waals surface area contributed by atoms with Crippen molar-refractivity contribution in [3.05, 3.63) is 0 Å². The first-order valence-corrected chi connectivity index (χ1v) is 9.64. The minimum atomic E-state index is -0.769. The largest absolute Gasteiger partial charge is 0.394 e. The Morgan fingerprint density at radius 3 is 1.86 bits per heavy atom. The van der Waals surface area contributed by atoms with Gasteiger partial charge in [0.05, 0.1) is 18.8 Å². The third kappa shape index (κ3) is 7.94. The molecular weight excluding hydrogens is 274 g/mol. The topological polar surface area (TPSA) is 66.5 Å². The maximum atomic E-state index is 9.25. The molecule has 1 aliphatic carbocycles. The second kappa shape index (κ2) is 11.4. The van der Waals surface area contributed by atoms with Crippen LogP contribution in [-0.4, -0.2) is 29.0 Å². The molecule has 1 rings (SSSR count). The van der Waals surface area contributed by atoms with Crippen molar-refractivity contribution >= 4 is 0 Å². The van der Waals surface area contributed by atoms with Crippen LogP contribution >= 0.6 is 0 Å². The lowest BCUT2D eigenvalue weighted by atomic mass is 9.76. The monoisotopic (exact) mass is 313 g/mol. The molecule has 0 radical (unpaired) electrons. The number of aliphatic hydroxyl groups is 2. The van der Waals surface area contributed by atoms with Gasteiger partial charge in [0.25, 0.3) is 0 Å². The highest BCUT2D eigenvalue weighted by molar-refractivity contribution is 4.84. The zero-order valence-electron chi connectivity index (χ0n) is 14.7. The summed E-state index contributed by atoms with van der Waals surface area (Å²) in [6.45, 7) is 2.04. The molecule has 0 unspecified atom stereocenters. The van der Waals surface area contributed by atoms with Crippen molar-refractivity contribution in [2.75, 3.05) is 13.2 Å². The fraction of sp³-hybridized carbons (Fsp3) is 1.00. The van der Waals surface area contributed by atoms with E-state index in [2.05, 4.69) is 6.92 Å². The molecule has 0 saturated heterocycles. The van der Waals surface area contributed by atoms with Gasteiger partial charge in [-0.25, -0.2) is 0 Å². The summed E-state index contributed by atoms with van der Waals surface area (Å²) in [5.41, 5.74) is 5.19. The fourth-order valence-electron chi connectivity index (χ4n) is 3.72. The molecule has 3 heteroatoms. The zero-order valence-corrected chi connectivity index (χ0v) is 14.7. The summed E-state index contributed by atoms with van der Waals surface area (Å²) in [6, 6.07) is 0. The lowest BCUT2D eigenvalue weighted by Gasteiger charge is -2.31. The molecule has 0 aromatic carbocycles. The fourth-order valence-corrected chi connectivity index (χ4v) is 3.72. The predicted molar refractivity (Wildman–Crippen MR) is 93.8 cm³/mol. The van der Waals surface area contributed by atoms with Crippen LogP contribution in [0.25, 0.3) is 0 Å². The smallest absolute Gasteiger partial charge is 0.0633 e. The van der Waals surface area contributed by atoms with E-state index in [-0.39, 0.29) is 13.2 Å². The Labute approximate surface area is 137 Å².